The Labute approximate surface area is 104 Å². The van der Waals surface area contributed by atoms with Crippen LogP contribution in [0.3, 0.4) is 0 Å². The van der Waals surface area contributed by atoms with Gasteiger partial charge in [0.2, 0.25) is 0 Å². The maximum Gasteiger partial charge on any atom is 0.325 e. The largest absolute Gasteiger partial charge is 0.468 e. The van der Waals surface area contributed by atoms with E-state index in [4.69, 9.17) is 10.5 Å². The zero-order chi connectivity index (χ0) is 13.3. The molecule has 2 N–H and O–H groups in total. The van der Waals surface area contributed by atoms with Gasteiger partial charge in [-0.05, 0) is 38.6 Å². The van der Waals surface area contributed by atoms with Crippen molar-refractivity contribution in [2.24, 2.45) is 11.1 Å². The molecule has 1 fully saturated rings. The van der Waals surface area contributed by atoms with Gasteiger partial charge in [0.05, 0.1) is 7.11 Å². The Kier molecular flexibility index (Phi) is 4.20. The topological polar surface area (TPSA) is 55.6 Å². The summed E-state index contributed by atoms with van der Waals surface area (Å²) in [6, 6.07) is 0.311. The van der Waals surface area contributed by atoms with E-state index in [0.717, 1.165) is 13.1 Å². The number of rotatable bonds is 4. The molecule has 0 bridgehead atoms. The van der Waals surface area contributed by atoms with Gasteiger partial charge in [0, 0.05) is 12.6 Å². The molecule has 0 aliphatic carbocycles. The van der Waals surface area contributed by atoms with Crippen LogP contribution < -0.4 is 5.73 Å². The van der Waals surface area contributed by atoms with Crippen LogP contribution in [0.2, 0.25) is 0 Å². The number of nitrogens with zero attached hydrogens (tertiary/aromatic N) is 1. The van der Waals surface area contributed by atoms with E-state index in [9.17, 15) is 4.79 Å². The lowest BCUT2D eigenvalue weighted by Crippen LogP contribution is -2.50. The Hall–Kier alpha value is -0.610. The van der Waals surface area contributed by atoms with Gasteiger partial charge in [0.1, 0.15) is 5.54 Å². The second kappa shape index (κ2) is 4.94. The fraction of sp³-hybridized carbons (Fsp3) is 0.923. The SMILES string of the molecule is COC(=O)C(C)(N)CC(C)N1CCC(C)(C)C1. The summed E-state index contributed by atoms with van der Waals surface area (Å²) < 4.78 is 4.74. The van der Waals surface area contributed by atoms with Gasteiger partial charge in [-0.25, -0.2) is 0 Å². The first-order valence-electron chi connectivity index (χ1n) is 6.29. The van der Waals surface area contributed by atoms with Gasteiger partial charge in [-0.2, -0.15) is 0 Å². The predicted octanol–water partition coefficient (Wildman–Crippen LogP) is 1.39. The first kappa shape index (κ1) is 14.5. The number of esters is 1. The molecule has 2 atom stereocenters. The Morgan fingerprint density at radius 2 is 2.18 bits per heavy atom. The molecule has 0 saturated carbocycles. The van der Waals surface area contributed by atoms with Gasteiger partial charge in [0.25, 0.3) is 0 Å². The van der Waals surface area contributed by atoms with Crippen molar-refractivity contribution in [1.29, 1.82) is 0 Å². The van der Waals surface area contributed by atoms with Crippen molar-refractivity contribution in [3.8, 4) is 0 Å². The van der Waals surface area contributed by atoms with Crippen molar-refractivity contribution in [1.82, 2.24) is 4.90 Å². The van der Waals surface area contributed by atoms with Crippen LogP contribution >= 0.6 is 0 Å². The number of carbonyl (C=O) groups excluding carboxylic acids is 1. The highest BCUT2D eigenvalue weighted by Crippen LogP contribution is 2.31. The molecule has 0 aromatic heterocycles. The number of likely N-dealkylation sites (tertiary alicyclic amines) is 1. The molecule has 1 saturated heterocycles. The van der Waals surface area contributed by atoms with E-state index in [2.05, 4.69) is 25.7 Å². The zero-order valence-corrected chi connectivity index (χ0v) is 11.7. The second-order valence-corrected chi connectivity index (χ2v) is 6.35. The highest BCUT2D eigenvalue weighted by molar-refractivity contribution is 5.79. The third-order valence-corrected chi connectivity index (χ3v) is 3.70. The van der Waals surface area contributed by atoms with E-state index in [1.165, 1.54) is 13.5 Å². The third kappa shape index (κ3) is 3.68. The van der Waals surface area contributed by atoms with E-state index in [-0.39, 0.29) is 5.97 Å². The van der Waals surface area contributed by atoms with E-state index < -0.39 is 5.54 Å². The van der Waals surface area contributed by atoms with E-state index in [0.29, 0.717) is 17.9 Å². The number of hydrogen-bond donors (Lipinski definition) is 1. The minimum Gasteiger partial charge on any atom is -0.468 e. The molecular weight excluding hydrogens is 216 g/mol. The van der Waals surface area contributed by atoms with E-state index in [1.54, 1.807) is 6.92 Å². The summed E-state index contributed by atoms with van der Waals surface area (Å²) in [5.41, 5.74) is 5.50. The number of hydrogen-bond acceptors (Lipinski definition) is 4. The van der Waals surface area contributed by atoms with Gasteiger partial charge < -0.3 is 15.4 Å². The van der Waals surface area contributed by atoms with Gasteiger partial charge in [-0.3, -0.25) is 4.79 Å². The molecule has 4 heteroatoms. The van der Waals surface area contributed by atoms with Gasteiger partial charge in [-0.1, -0.05) is 13.8 Å². The van der Waals surface area contributed by atoms with Crippen LogP contribution in [0.1, 0.15) is 40.5 Å². The minimum atomic E-state index is -0.888. The highest BCUT2D eigenvalue weighted by Gasteiger charge is 2.37. The molecule has 1 aliphatic heterocycles. The molecule has 0 aromatic carbocycles. The maximum absolute atomic E-state index is 11.5. The smallest absolute Gasteiger partial charge is 0.325 e. The number of nitrogens with two attached hydrogens (primary N) is 1. The highest BCUT2D eigenvalue weighted by atomic mass is 16.5. The van der Waals surface area contributed by atoms with Crippen molar-refractivity contribution in [3.05, 3.63) is 0 Å². The quantitative estimate of drug-likeness (QED) is 0.757. The van der Waals surface area contributed by atoms with Gasteiger partial charge >= 0.3 is 5.97 Å². The average molecular weight is 242 g/mol. The van der Waals surface area contributed by atoms with E-state index >= 15 is 0 Å². The third-order valence-electron chi connectivity index (χ3n) is 3.70. The summed E-state index contributed by atoms with van der Waals surface area (Å²) in [5.74, 6) is -0.331. The monoisotopic (exact) mass is 242 g/mol. The lowest BCUT2D eigenvalue weighted by molar-refractivity contribution is -0.147. The molecule has 0 amide bonds. The Balaban J connectivity index is 2.55. The van der Waals surface area contributed by atoms with Crippen LogP contribution in [0.5, 0.6) is 0 Å². The summed E-state index contributed by atoms with van der Waals surface area (Å²) in [5, 5.41) is 0. The Bertz CT molecular complexity index is 287. The summed E-state index contributed by atoms with van der Waals surface area (Å²) >= 11 is 0. The molecular formula is C13H26N2O2. The van der Waals surface area contributed by atoms with Crippen molar-refractivity contribution in [3.63, 3.8) is 0 Å². The van der Waals surface area contributed by atoms with E-state index in [1.807, 2.05) is 0 Å². The standard InChI is InChI=1S/C13H26N2O2/c1-10(8-13(4,14)11(16)17-5)15-7-6-12(2,3)9-15/h10H,6-9,14H2,1-5H3. The number of carbonyl (C=O) groups is 1. The molecule has 1 rings (SSSR count). The number of ether oxygens (including phenoxy) is 1. The molecule has 0 spiro atoms. The van der Waals surface area contributed by atoms with Crippen LogP contribution in [0.4, 0.5) is 0 Å². The summed E-state index contributed by atoms with van der Waals surface area (Å²) in [6.45, 7) is 10.6. The lowest BCUT2D eigenvalue weighted by atomic mass is 9.92. The molecule has 1 aliphatic rings. The van der Waals surface area contributed by atoms with Crippen molar-refractivity contribution in [2.75, 3.05) is 20.2 Å². The fourth-order valence-corrected chi connectivity index (χ4v) is 2.59. The minimum absolute atomic E-state index is 0.311. The van der Waals surface area contributed by atoms with Crippen molar-refractivity contribution in [2.45, 2.75) is 52.1 Å². The molecule has 0 aromatic rings. The van der Waals surface area contributed by atoms with Crippen molar-refractivity contribution < 1.29 is 9.53 Å². The average Bonchev–Trinajstić information content (AvgIpc) is 2.57. The second-order valence-electron chi connectivity index (χ2n) is 6.35. The lowest BCUT2D eigenvalue weighted by Gasteiger charge is -2.31. The van der Waals surface area contributed by atoms with Crippen LogP contribution in [-0.4, -0.2) is 42.6 Å². The van der Waals surface area contributed by atoms with Gasteiger partial charge in [-0.15, -0.1) is 0 Å². The fourth-order valence-electron chi connectivity index (χ4n) is 2.59. The first-order valence-corrected chi connectivity index (χ1v) is 6.29. The van der Waals surface area contributed by atoms with Crippen LogP contribution in [-0.2, 0) is 9.53 Å². The predicted molar refractivity (Wildman–Crippen MR) is 68.7 cm³/mol. The van der Waals surface area contributed by atoms with Crippen LogP contribution in [0, 0.1) is 5.41 Å². The molecule has 1 heterocycles. The normalized spacial score (nSPS) is 25.3. The zero-order valence-electron chi connectivity index (χ0n) is 11.7. The first-order chi connectivity index (χ1) is 7.68. The summed E-state index contributed by atoms with van der Waals surface area (Å²) in [6.07, 6.45) is 1.84. The summed E-state index contributed by atoms with van der Waals surface area (Å²) in [7, 11) is 1.39. The Morgan fingerprint density at radius 3 is 2.59 bits per heavy atom. The van der Waals surface area contributed by atoms with Crippen LogP contribution in [0.15, 0.2) is 0 Å². The molecule has 100 valence electrons. The Morgan fingerprint density at radius 1 is 1.59 bits per heavy atom. The van der Waals surface area contributed by atoms with Gasteiger partial charge in [0.15, 0.2) is 0 Å². The molecule has 17 heavy (non-hydrogen) atoms. The number of methoxy groups -OCH3 is 1. The maximum atomic E-state index is 11.5. The molecule has 2 unspecified atom stereocenters. The molecule has 4 nitrogen and oxygen atoms in total. The molecule has 0 radical (unpaired) electrons. The van der Waals surface area contributed by atoms with Crippen molar-refractivity contribution >= 4 is 5.97 Å². The van der Waals surface area contributed by atoms with Crippen LogP contribution in [0.25, 0.3) is 0 Å². The summed E-state index contributed by atoms with van der Waals surface area (Å²) in [4.78, 5) is 14.0.